The lowest BCUT2D eigenvalue weighted by molar-refractivity contribution is -0.136. The van der Waals surface area contributed by atoms with Gasteiger partial charge in [0.2, 0.25) is 0 Å². The van der Waals surface area contributed by atoms with Crippen LogP contribution in [0.4, 0.5) is 4.39 Å². The predicted molar refractivity (Wildman–Crippen MR) is 72.9 cm³/mol. The minimum absolute atomic E-state index is 0.0663. The molecule has 0 aromatic heterocycles. The number of hydrogen-bond donors (Lipinski definition) is 1. The summed E-state index contributed by atoms with van der Waals surface area (Å²) in [6.45, 7) is 4.74. The summed E-state index contributed by atoms with van der Waals surface area (Å²) in [5.41, 5.74) is 0.353. The van der Waals surface area contributed by atoms with Crippen molar-refractivity contribution in [1.82, 2.24) is 4.90 Å². The molecule has 2 atom stereocenters. The van der Waals surface area contributed by atoms with Crippen LogP contribution in [-0.4, -0.2) is 35.1 Å². The largest absolute Gasteiger partial charge is 0.481 e. The Morgan fingerprint density at radius 1 is 1.35 bits per heavy atom. The Kier molecular flexibility index (Phi) is 4.60. The van der Waals surface area contributed by atoms with Crippen molar-refractivity contribution in [1.29, 1.82) is 0 Å². The zero-order chi connectivity index (χ0) is 14.7. The molecule has 1 aromatic rings. The monoisotopic (exact) mass is 281 g/mol. The average molecular weight is 281 g/mol. The summed E-state index contributed by atoms with van der Waals surface area (Å²) >= 11 is 0. The molecule has 1 heterocycles. The van der Waals surface area contributed by atoms with Crippen LogP contribution in [0.1, 0.15) is 38.4 Å². The van der Waals surface area contributed by atoms with Gasteiger partial charge in [-0.15, -0.1) is 0 Å². The standard InChI is InChI=1S/C15H20FNO3/c1-10(18)13-9-12(16)5-6-14(13)20-11(2)15(19)17-7-3-4-8-17/h5-6,9-11,18H,3-4,7-8H2,1-2H3. The molecule has 0 bridgehead atoms. The summed E-state index contributed by atoms with van der Waals surface area (Å²) in [6.07, 6.45) is 0.549. The molecule has 0 saturated carbocycles. The van der Waals surface area contributed by atoms with Crippen molar-refractivity contribution in [2.24, 2.45) is 0 Å². The molecule has 1 saturated heterocycles. The van der Waals surface area contributed by atoms with Crippen molar-refractivity contribution in [3.8, 4) is 5.75 Å². The van der Waals surface area contributed by atoms with Gasteiger partial charge < -0.3 is 14.7 Å². The molecule has 2 unspecified atom stereocenters. The van der Waals surface area contributed by atoms with E-state index in [1.807, 2.05) is 0 Å². The van der Waals surface area contributed by atoms with Crippen molar-refractivity contribution < 1.29 is 19.0 Å². The van der Waals surface area contributed by atoms with Crippen LogP contribution in [0.5, 0.6) is 5.75 Å². The highest BCUT2D eigenvalue weighted by Gasteiger charge is 2.25. The number of benzene rings is 1. The van der Waals surface area contributed by atoms with E-state index in [9.17, 15) is 14.3 Å². The Morgan fingerprint density at radius 3 is 2.60 bits per heavy atom. The second kappa shape index (κ2) is 6.22. The number of carbonyl (C=O) groups excluding carboxylic acids is 1. The summed E-state index contributed by atoms with van der Waals surface area (Å²) < 4.78 is 18.8. The molecule has 2 rings (SSSR count). The summed E-state index contributed by atoms with van der Waals surface area (Å²) in [5, 5.41) is 9.65. The van der Waals surface area contributed by atoms with Gasteiger partial charge in [0.15, 0.2) is 6.10 Å². The van der Waals surface area contributed by atoms with Gasteiger partial charge >= 0.3 is 0 Å². The number of ether oxygens (including phenoxy) is 1. The SMILES string of the molecule is CC(Oc1ccc(F)cc1C(C)O)C(=O)N1CCCC1. The van der Waals surface area contributed by atoms with Crippen LogP contribution in [0.25, 0.3) is 0 Å². The average Bonchev–Trinajstić information content (AvgIpc) is 2.93. The molecule has 0 radical (unpaired) electrons. The summed E-state index contributed by atoms with van der Waals surface area (Å²) in [5.74, 6) is -0.156. The molecule has 0 spiro atoms. The number of likely N-dealkylation sites (tertiary alicyclic amines) is 1. The number of halogens is 1. The van der Waals surface area contributed by atoms with Crippen LogP contribution in [0.2, 0.25) is 0 Å². The lowest BCUT2D eigenvalue weighted by Gasteiger charge is -2.22. The number of aliphatic hydroxyl groups excluding tert-OH is 1. The molecule has 0 aliphatic carbocycles. The third-order valence-electron chi connectivity index (χ3n) is 3.49. The first kappa shape index (κ1) is 14.8. The van der Waals surface area contributed by atoms with Crippen LogP contribution in [0.3, 0.4) is 0 Å². The van der Waals surface area contributed by atoms with Gasteiger partial charge in [-0.3, -0.25) is 4.79 Å². The summed E-state index contributed by atoms with van der Waals surface area (Å²) in [6, 6.07) is 3.94. The maximum atomic E-state index is 13.2. The number of aliphatic hydroxyl groups is 1. The highest BCUT2D eigenvalue weighted by atomic mass is 19.1. The molecule has 4 nitrogen and oxygen atoms in total. The topological polar surface area (TPSA) is 49.8 Å². The van der Waals surface area contributed by atoms with Crippen LogP contribution < -0.4 is 4.74 Å². The molecule has 1 fully saturated rings. The molecule has 110 valence electrons. The first-order valence-corrected chi connectivity index (χ1v) is 6.92. The van der Waals surface area contributed by atoms with Gasteiger partial charge in [0, 0.05) is 18.7 Å². The minimum atomic E-state index is -0.852. The van der Waals surface area contributed by atoms with E-state index >= 15 is 0 Å². The van der Waals surface area contributed by atoms with Crippen molar-refractivity contribution in [3.63, 3.8) is 0 Å². The number of rotatable bonds is 4. The molecule has 20 heavy (non-hydrogen) atoms. The van der Waals surface area contributed by atoms with Gasteiger partial charge in [-0.1, -0.05) is 0 Å². The van der Waals surface area contributed by atoms with E-state index in [1.165, 1.54) is 25.1 Å². The van der Waals surface area contributed by atoms with Gasteiger partial charge in [-0.25, -0.2) is 4.39 Å². The lowest BCUT2D eigenvalue weighted by Crippen LogP contribution is -2.38. The van der Waals surface area contributed by atoms with E-state index in [-0.39, 0.29) is 5.91 Å². The van der Waals surface area contributed by atoms with Crippen LogP contribution in [0, 0.1) is 5.82 Å². The second-order valence-electron chi connectivity index (χ2n) is 5.15. The Hall–Kier alpha value is -1.62. The molecule has 1 N–H and O–H groups in total. The fraction of sp³-hybridized carbons (Fsp3) is 0.533. The maximum Gasteiger partial charge on any atom is 0.263 e. The lowest BCUT2D eigenvalue weighted by atomic mass is 10.1. The fourth-order valence-corrected chi connectivity index (χ4v) is 2.39. The number of nitrogens with zero attached hydrogens (tertiary/aromatic N) is 1. The molecular formula is C15H20FNO3. The molecule has 1 aromatic carbocycles. The van der Waals surface area contributed by atoms with Crippen LogP contribution in [0.15, 0.2) is 18.2 Å². The van der Waals surface area contributed by atoms with E-state index in [0.717, 1.165) is 25.9 Å². The Balaban J connectivity index is 2.10. The van der Waals surface area contributed by atoms with Gasteiger partial charge in [-0.05, 0) is 44.9 Å². The van der Waals surface area contributed by atoms with E-state index in [2.05, 4.69) is 0 Å². The second-order valence-corrected chi connectivity index (χ2v) is 5.15. The molecule has 1 aliphatic heterocycles. The van der Waals surface area contributed by atoms with Crippen LogP contribution in [-0.2, 0) is 4.79 Å². The van der Waals surface area contributed by atoms with Gasteiger partial charge in [0.25, 0.3) is 5.91 Å². The zero-order valence-corrected chi connectivity index (χ0v) is 11.8. The highest BCUT2D eigenvalue weighted by Crippen LogP contribution is 2.27. The van der Waals surface area contributed by atoms with E-state index in [0.29, 0.717) is 11.3 Å². The molecule has 1 amide bonds. The normalized spacial score (nSPS) is 17.9. The van der Waals surface area contributed by atoms with E-state index in [1.54, 1.807) is 11.8 Å². The minimum Gasteiger partial charge on any atom is -0.481 e. The molecular weight excluding hydrogens is 261 g/mol. The quantitative estimate of drug-likeness (QED) is 0.921. The molecule has 1 aliphatic rings. The van der Waals surface area contributed by atoms with Gasteiger partial charge in [0.1, 0.15) is 11.6 Å². The van der Waals surface area contributed by atoms with E-state index in [4.69, 9.17) is 4.74 Å². The smallest absolute Gasteiger partial charge is 0.263 e. The van der Waals surface area contributed by atoms with Crippen molar-refractivity contribution in [3.05, 3.63) is 29.6 Å². The Labute approximate surface area is 118 Å². The third-order valence-corrected chi connectivity index (χ3v) is 3.49. The van der Waals surface area contributed by atoms with Crippen LogP contribution >= 0.6 is 0 Å². The van der Waals surface area contributed by atoms with E-state index < -0.39 is 18.0 Å². The summed E-state index contributed by atoms with van der Waals surface area (Å²) in [7, 11) is 0. The van der Waals surface area contributed by atoms with Crippen molar-refractivity contribution in [2.75, 3.05) is 13.1 Å². The van der Waals surface area contributed by atoms with Gasteiger partial charge in [-0.2, -0.15) is 0 Å². The van der Waals surface area contributed by atoms with Crippen molar-refractivity contribution in [2.45, 2.75) is 38.9 Å². The Bertz CT molecular complexity index is 484. The Morgan fingerprint density at radius 2 is 2.00 bits per heavy atom. The maximum absolute atomic E-state index is 13.2. The first-order valence-electron chi connectivity index (χ1n) is 6.92. The number of carbonyl (C=O) groups is 1. The fourth-order valence-electron chi connectivity index (χ4n) is 2.39. The van der Waals surface area contributed by atoms with Crippen molar-refractivity contribution >= 4 is 5.91 Å². The number of hydrogen-bond acceptors (Lipinski definition) is 3. The zero-order valence-electron chi connectivity index (χ0n) is 11.8. The first-order chi connectivity index (χ1) is 9.49. The van der Waals surface area contributed by atoms with Gasteiger partial charge in [0.05, 0.1) is 6.10 Å². The summed E-state index contributed by atoms with van der Waals surface area (Å²) in [4.78, 5) is 13.9. The third kappa shape index (κ3) is 3.28. The molecule has 5 heteroatoms. The predicted octanol–water partition coefficient (Wildman–Crippen LogP) is 2.27. The highest BCUT2D eigenvalue weighted by molar-refractivity contribution is 5.81. The number of amides is 1.